The van der Waals surface area contributed by atoms with E-state index in [0.717, 1.165) is 22.5 Å². The highest BCUT2D eigenvalue weighted by atomic mass is 16.5. The van der Waals surface area contributed by atoms with Crippen molar-refractivity contribution in [1.82, 2.24) is 19.9 Å². The van der Waals surface area contributed by atoms with E-state index in [1.807, 2.05) is 56.3 Å². The Morgan fingerprint density at radius 3 is 2.45 bits per heavy atom. The lowest BCUT2D eigenvalue weighted by atomic mass is 10.0. The molecule has 0 unspecified atom stereocenters. The highest BCUT2D eigenvalue weighted by Crippen LogP contribution is 2.24. The van der Waals surface area contributed by atoms with E-state index in [9.17, 15) is 4.79 Å². The fraction of sp³-hybridized carbons (Fsp3) is 0.250. The lowest BCUT2D eigenvalue weighted by Gasteiger charge is -2.08. The number of aromatic nitrogens is 4. The topological polar surface area (TPSA) is 85.8 Å². The van der Waals surface area contributed by atoms with E-state index in [1.165, 1.54) is 5.56 Å². The third kappa shape index (κ3) is 4.26. The predicted octanol–water partition coefficient (Wildman–Crippen LogP) is 5.22. The molecule has 0 radical (unpaired) electrons. The Bertz CT molecular complexity index is 1240. The summed E-state index contributed by atoms with van der Waals surface area (Å²) >= 11 is 0. The molecule has 4 rings (SSSR count). The van der Waals surface area contributed by atoms with E-state index in [0.29, 0.717) is 28.9 Å². The minimum absolute atomic E-state index is 0.191. The molecule has 7 nitrogen and oxygen atoms in total. The van der Waals surface area contributed by atoms with Crippen LogP contribution in [0.15, 0.2) is 53.2 Å². The molecule has 0 aliphatic rings. The Hall–Kier alpha value is -3.74. The number of hydrogen-bond donors (Lipinski definition) is 1. The first kappa shape index (κ1) is 20.5. The van der Waals surface area contributed by atoms with Crippen LogP contribution in [0.4, 0.5) is 5.69 Å². The van der Waals surface area contributed by atoms with Gasteiger partial charge in [0.2, 0.25) is 11.7 Å². The maximum atomic E-state index is 12.9. The summed E-state index contributed by atoms with van der Waals surface area (Å²) in [4.78, 5) is 17.2. The fourth-order valence-corrected chi connectivity index (χ4v) is 3.37. The Kier molecular flexibility index (Phi) is 5.42. The first-order chi connectivity index (χ1) is 14.8. The lowest BCUT2D eigenvalue weighted by Crippen LogP contribution is -2.12. The molecule has 1 amide bonds. The molecule has 2 aromatic carbocycles. The molecule has 1 N–H and O–H groups in total. The summed E-state index contributed by atoms with van der Waals surface area (Å²) in [6, 6.07) is 13.8. The molecular weight excluding hydrogens is 390 g/mol. The van der Waals surface area contributed by atoms with Crippen LogP contribution in [0.5, 0.6) is 0 Å². The Morgan fingerprint density at radius 2 is 1.81 bits per heavy atom. The maximum Gasteiger partial charge on any atom is 0.259 e. The predicted molar refractivity (Wildman–Crippen MR) is 120 cm³/mol. The summed E-state index contributed by atoms with van der Waals surface area (Å²) in [5.74, 6) is 1.28. The van der Waals surface area contributed by atoms with Gasteiger partial charge in [0.05, 0.1) is 16.9 Å². The minimum Gasteiger partial charge on any atom is -0.339 e. The van der Waals surface area contributed by atoms with Gasteiger partial charge in [0, 0.05) is 24.4 Å². The number of nitrogens with zero attached hydrogens (tertiary/aromatic N) is 4. The van der Waals surface area contributed by atoms with Crippen molar-refractivity contribution < 1.29 is 9.32 Å². The average molecular weight is 415 g/mol. The monoisotopic (exact) mass is 415 g/mol. The van der Waals surface area contributed by atoms with E-state index in [-0.39, 0.29) is 5.91 Å². The van der Waals surface area contributed by atoms with Crippen LogP contribution >= 0.6 is 0 Å². The van der Waals surface area contributed by atoms with Gasteiger partial charge in [-0.1, -0.05) is 43.3 Å². The van der Waals surface area contributed by atoms with Crippen molar-refractivity contribution in [3.05, 3.63) is 76.9 Å². The molecule has 0 aliphatic carbocycles. The quantitative estimate of drug-likeness (QED) is 0.483. The van der Waals surface area contributed by atoms with Gasteiger partial charge < -0.3 is 9.84 Å². The van der Waals surface area contributed by atoms with Crippen molar-refractivity contribution in [3.8, 4) is 17.1 Å². The molecule has 0 aliphatic heterocycles. The maximum absolute atomic E-state index is 12.9. The molecule has 158 valence electrons. The van der Waals surface area contributed by atoms with Crippen LogP contribution in [-0.4, -0.2) is 25.8 Å². The normalized spacial score (nSPS) is 11.2. The molecule has 7 heteroatoms. The minimum atomic E-state index is -0.191. The van der Waals surface area contributed by atoms with Crippen LogP contribution < -0.4 is 5.32 Å². The number of rotatable bonds is 5. The van der Waals surface area contributed by atoms with Crippen molar-refractivity contribution in [1.29, 1.82) is 0 Å². The lowest BCUT2D eigenvalue weighted by molar-refractivity contribution is 0.102. The van der Waals surface area contributed by atoms with Gasteiger partial charge in [0.15, 0.2) is 0 Å². The summed E-state index contributed by atoms with van der Waals surface area (Å²) in [6.45, 7) is 9.86. The Morgan fingerprint density at radius 1 is 1.06 bits per heavy atom. The SMILES string of the molecule is Cc1nc(-c2ccc(C)c(-n3cc(C(=O)Nc4ccc(C(C)C)cc4)c(C)n3)c2)no1. The molecule has 0 bridgehead atoms. The standard InChI is InChI=1S/C24H25N5O2/c1-14(2)18-8-10-20(11-9-18)26-24(30)21-13-29(27-16(21)4)22-12-19(7-6-15(22)3)23-25-17(5)31-28-23/h6-14H,1-5H3,(H,26,30). The van der Waals surface area contributed by atoms with Crippen LogP contribution in [-0.2, 0) is 0 Å². The van der Waals surface area contributed by atoms with Crippen molar-refractivity contribution in [2.75, 3.05) is 5.32 Å². The van der Waals surface area contributed by atoms with Gasteiger partial charge in [0.25, 0.3) is 5.91 Å². The molecule has 0 saturated carbocycles. The average Bonchev–Trinajstić information content (AvgIpc) is 3.34. The summed E-state index contributed by atoms with van der Waals surface area (Å²) < 4.78 is 6.81. The van der Waals surface area contributed by atoms with E-state index in [2.05, 4.69) is 34.4 Å². The van der Waals surface area contributed by atoms with Crippen LogP contribution in [0.3, 0.4) is 0 Å². The second kappa shape index (κ2) is 8.18. The smallest absolute Gasteiger partial charge is 0.259 e. The number of benzene rings is 2. The van der Waals surface area contributed by atoms with E-state index in [4.69, 9.17) is 4.52 Å². The number of hydrogen-bond acceptors (Lipinski definition) is 5. The number of carbonyl (C=O) groups excluding carboxylic acids is 1. The molecule has 0 fully saturated rings. The van der Waals surface area contributed by atoms with Gasteiger partial charge in [-0.3, -0.25) is 4.79 Å². The third-order valence-corrected chi connectivity index (χ3v) is 5.22. The molecule has 2 heterocycles. The number of aryl methyl sites for hydroxylation is 3. The molecule has 0 saturated heterocycles. The highest BCUT2D eigenvalue weighted by molar-refractivity contribution is 6.04. The molecular formula is C24H25N5O2. The van der Waals surface area contributed by atoms with Gasteiger partial charge >= 0.3 is 0 Å². The fourth-order valence-electron chi connectivity index (χ4n) is 3.37. The van der Waals surface area contributed by atoms with E-state index >= 15 is 0 Å². The number of anilines is 1. The Balaban J connectivity index is 1.61. The summed E-state index contributed by atoms with van der Waals surface area (Å²) in [5.41, 5.74) is 5.85. The van der Waals surface area contributed by atoms with Crippen molar-refractivity contribution >= 4 is 11.6 Å². The zero-order chi connectivity index (χ0) is 22.1. The van der Waals surface area contributed by atoms with Crippen molar-refractivity contribution in [2.24, 2.45) is 0 Å². The highest BCUT2D eigenvalue weighted by Gasteiger charge is 2.16. The van der Waals surface area contributed by atoms with Gasteiger partial charge in [0.1, 0.15) is 0 Å². The second-order valence-corrected chi connectivity index (χ2v) is 7.94. The zero-order valence-electron chi connectivity index (χ0n) is 18.3. The molecule has 0 atom stereocenters. The van der Waals surface area contributed by atoms with Gasteiger partial charge in [-0.2, -0.15) is 10.1 Å². The molecule has 0 spiro atoms. The molecule has 2 aromatic heterocycles. The Labute approximate surface area is 181 Å². The van der Waals surface area contributed by atoms with Gasteiger partial charge in [-0.15, -0.1) is 0 Å². The zero-order valence-corrected chi connectivity index (χ0v) is 18.3. The van der Waals surface area contributed by atoms with Crippen LogP contribution in [0.2, 0.25) is 0 Å². The van der Waals surface area contributed by atoms with Crippen LogP contribution in [0.1, 0.15) is 52.8 Å². The summed E-state index contributed by atoms with van der Waals surface area (Å²) in [6.07, 6.45) is 1.75. The molecule has 4 aromatic rings. The number of amides is 1. The van der Waals surface area contributed by atoms with E-state index < -0.39 is 0 Å². The first-order valence-electron chi connectivity index (χ1n) is 10.2. The van der Waals surface area contributed by atoms with Gasteiger partial charge in [-0.05, 0) is 49.1 Å². The van der Waals surface area contributed by atoms with Gasteiger partial charge in [-0.25, -0.2) is 4.68 Å². The third-order valence-electron chi connectivity index (χ3n) is 5.22. The largest absolute Gasteiger partial charge is 0.339 e. The summed E-state index contributed by atoms with van der Waals surface area (Å²) in [7, 11) is 0. The van der Waals surface area contributed by atoms with E-state index in [1.54, 1.807) is 17.8 Å². The first-order valence-corrected chi connectivity index (χ1v) is 10.2. The number of carbonyl (C=O) groups is 1. The molecule has 31 heavy (non-hydrogen) atoms. The van der Waals surface area contributed by atoms with Crippen LogP contribution in [0.25, 0.3) is 17.1 Å². The second-order valence-electron chi connectivity index (χ2n) is 7.94. The number of nitrogens with one attached hydrogen (secondary N) is 1. The van der Waals surface area contributed by atoms with Crippen molar-refractivity contribution in [2.45, 2.75) is 40.5 Å². The summed E-state index contributed by atoms with van der Waals surface area (Å²) in [5, 5.41) is 11.5. The van der Waals surface area contributed by atoms with Crippen LogP contribution in [0, 0.1) is 20.8 Å². The van der Waals surface area contributed by atoms with Crippen molar-refractivity contribution in [3.63, 3.8) is 0 Å².